The van der Waals surface area contributed by atoms with E-state index in [0.29, 0.717) is 29.7 Å². The van der Waals surface area contributed by atoms with Crippen molar-refractivity contribution in [2.75, 3.05) is 41.0 Å². The summed E-state index contributed by atoms with van der Waals surface area (Å²) in [6.07, 6.45) is 2.79. The van der Waals surface area contributed by atoms with E-state index in [9.17, 15) is 4.79 Å². The van der Waals surface area contributed by atoms with E-state index >= 15 is 0 Å². The van der Waals surface area contributed by atoms with Gasteiger partial charge in [0.25, 0.3) is 0 Å². The van der Waals surface area contributed by atoms with Crippen molar-refractivity contribution in [3.05, 3.63) is 53.1 Å². The van der Waals surface area contributed by atoms with E-state index in [-0.39, 0.29) is 5.97 Å². The average Bonchev–Trinajstić information content (AvgIpc) is 2.81. The third-order valence-corrected chi connectivity index (χ3v) is 5.79. The second-order valence-corrected chi connectivity index (χ2v) is 7.89. The van der Waals surface area contributed by atoms with Crippen molar-refractivity contribution in [3.63, 3.8) is 0 Å². The standard InChI is InChI=1S/C26H37NO5/c1-7-27(20(3)17-21-10-12-23(29-4)16-19(21)2)14-8-9-15-32-26(28)22-11-13-24(30-5)25(18-22)31-6/h10-13,16,18,20H,7-9,14-15,17H2,1-6H3. The first-order valence-electron chi connectivity index (χ1n) is 11.2. The number of nitrogens with zero attached hydrogens (tertiary/aromatic N) is 1. The monoisotopic (exact) mass is 443 g/mol. The molecule has 0 N–H and O–H groups in total. The minimum Gasteiger partial charge on any atom is -0.497 e. The van der Waals surface area contributed by atoms with Gasteiger partial charge in [-0.3, -0.25) is 0 Å². The molecule has 6 nitrogen and oxygen atoms in total. The predicted molar refractivity (Wildman–Crippen MR) is 127 cm³/mol. The lowest BCUT2D eigenvalue weighted by molar-refractivity contribution is 0.0493. The third-order valence-electron chi connectivity index (χ3n) is 5.79. The lowest BCUT2D eigenvalue weighted by Gasteiger charge is -2.28. The van der Waals surface area contributed by atoms with E-state index in [0.717, 1.165) is 38.1 Å². The SMILES string of the molecule is CCN(CCCCOC(=O)c1ccc(OC)c(OC)c1)C(C)Cc1ccc(OC)cc1C. The van der Waals surface area contributed by atoms with Crippen LogP contribution in [0, 0.1) is 6.92 Å². The van der Waals surface area contributed by atoms with Gasteiger partial charge < -0.3 is 23.8 Å². The Bertz CT molecular complexity index is 867. The van der Waals surface area contributed by atoms with E-state index in [1.165, 1.54) is 11.1 Å². The highest BCUT2D eigenvalue weighted by molar-refractivity contribution is 5.90. The molecule has 1 unspecified atom stereocenters. The number of rotatable bonds is 13. The van der Waals surface area contributed by atoms with E-state index in [1.807, 2.05) is 6.07 Å². The fourth-order valence-corrected chi connectivity index (χ4v) is 3.79. The van der Waals surface area contributed by atoms with Gasteiger partial charge in [-0.25, -0.2) is 4.79 Å². The Morgan fingerprint density at radius 3 is 2.34 bits per heavy atom. The van der Waals surface area contributed by atoms with Crippen molar-refractivity contribution < 1.29 is 23.7 Å². The van der Waals surface area contributed by atoms with Crippen molar-refractivity contribution >= 4 is 5.97 Å². The first kappa shape index (κ1) is 25.5. The van der Waals surface area contributed by atoms with E-state index < -0.39 is 0 Å². The van der Waals surface area contributed by atoms with Gasteiger partial charge in [0.05, 0.1) is 33.5 Å². The molecule has 0 heterocycles. The van der Waals surface area contributed by atoms with Gasteiger partial charge in [0.1, 0.15) is 5.75 Å². The molecule has 0 radical (unpaired) electrons. The van der Waals surface area contributed by atoms with Crippen molar-refractivity contribution in [3.8, 4) is 17.2 Å². The number of carbonyl (C=O) groups excluding carboxylic acids is 1. The van der Waals surface area contributed by atoms with Gasteiger partial charge in [0.2, 0.25) is 0 Å². The minimum atomic E-state index is -0.346. The zero-order valence-corrected chi connectivity index (χ0v) is 20.3. The molecule has 0 aliphatic heterocycles. The maximum absolute atomic E-state index is 12.3. The number of benzene rings is 2. The number of methoxy groups -OCH3 is 3. The number of carbonyl (C=O) groups is 1. The molecule has 2 aromatic rings. The maximum atomic E-state index is 12.3. The summed E-state index contributed by atoms with van der Waals surface area (Å²) >= 11 is 0. The van der Waals surface area contributed by atoms with Crippen LogP contribution in [0.4, 0.5) is 0 Å². The van der Waals surface area contributed by atoms with Crippen LogP contribution in [-0.2, 0) is 11.2 Å². The predicted octanol–water partition coefficient (Wildman–Crippen LogP) is 4.91. The van der Waals surface area contributed by atoms with Crippen LogP contribution in [0.25, 0.3) is 0 Å². The first-order valence-corrected chi connectivity index (χ1v) is 11.2. The normalized spacial score (nSPS) is 11.8. The molecule has 0 aliphatic carbocycles. The van der Waals surface area contributed by atoms with Gasteiger partial charge in [-0.15, -0.1) is 0 Å². The Morgan fingerprint density at radius 2 is 1.72 bits per heavy atom. The highest BCUT2D eigenvalue weighted by Gasteiger charge is 2.15. The average molecular weight is 444 g/mol. The van der Waals surface area contributed by atoms with Crippen LogP contribution in [0.1, 0.15) is 48.2 Å². The molecular formula is C26H37NO5. The largest absolute Gasteiger partial charge is 0.497 e. The van der Waals surface area contributed by atoms with Crippen LogP contribution < -0.4 is 14.2 Å². The number of hydrogen-bond donors (Lipinski definition) is 0. The molecule has 0 aromatic heterocycles. The second kappa shape index (κ2) is 13.0. The topological polar surface area (TPSA) is 57.2 Å². The Kier molecular flexibility index (Phi) is 10.3. The van der Waals surface area contributed by atoms with Gasteiger partial charge in [0, 0.05) is 6.04 Å². The molecule has 0 saturated heterocycles. The summed E-state index contributed by atoms with van der Waals surface area (Å²) < 4.78 is 21.2. The smallest absolute Gasteiger partial charge is 0.338 e. The van der Waals surface area contributed by atoms with Gasteiger partial charge in [-0.05, 0) is 87.7 Å². The summed E-state index contributed by atoms with van der Waals surface area (Å²) in [5.74, 6) is 1.65. The summed E-state index contributed by atoms with van der Waals surface area (Å²) in [6.45, 7) is 8.95. The quantitative estimate of drug-likeness (QED) is 0.324. The van der Waals surface area contributed by atoms with Crippen LogP contribution >= 0.6 is 0 Å². The summed E-state index contributed by atoms with van der Waals surface area (Å²) in [5.41, 5.74) is 3.07. The molecule has 0 fully saturated rings. The summed E-state index contributed by atoms with van der Waals surface area (Å²) in [7, 11) is 4.80. The van der Waals surface area contributed by atoms with Gasteiger partial charge in [0.15, 0.2) is 11.5 Å². The summed E-state index contributed by atoms with van der Waals surface area (Å²) in [5, 5.41) is 0. The number of aryl methyl sites for hydroxylation is 1. The Balaban J connectivity index is 1.77. The first-order chi connectivity index (χ1) is 15.4. The molecule has 0 amide bonds. The van der Waals surface area contributed by atoms with E-state index in [2.05, 4.69) is 37.8 Å². The van der Waals surface area contributed by atoms with Gasteiger partial charge in [-0.1, -0.05) is 13.0 Å². The Labute approximate surface area is 192 Å². The number of likely N-dealkylation sites (N-methyl/N-ethyl adjacent to an activating group) is 1. The molecule has 0 saturated carbocycles. The van der Waals surface area contributed by atoms with Crippen LogP contribution in [0.5, 0.6) is 17.2 Å². The second-order valence-electron chi connectivity index (χ2n) is 7.89. The highest BCUT2D eigenvalue weighted by atomic mass is 16.5. The van der Waals surface area contributed by atoms with Crippen molar-refractivity contribution in [2.45, 2.75) is 46.1 Å². The van der Waals surface area contributed by atoms with Crippen LogP contribution in [0.2, 0.25) is 0 Å². The highest BCUT2D eigenvalue weighted by Crippen LogP contribution is 2.27. The lowest BCUT2D eigenvalue weighted by Crippen LogP contribution is -2.35. The van der Waals surface area contributed by atoms with Crippen LogP contribution in [-0.4, -0.2) is 57.9 Å². The van der Waals surface area contributed by atoms with E-state index in [4.69, 9.17) is 18.9 Å². The van der Waals surface area contributed by atoms with E-state index in [1.54, 1.807) is 39.5 Å². The zero-order valence-electron chi connectivity index (χ0n) is 20.3. The molecule has 6 heteroatoms. The van der Waals surface area contributed by atoms with Gasteiger partial charge in [-0.2, -0.15) is 0 Å². The number of unbranched alkanes of at least 4 members (excludes halogenated alkanes) is 1. The minimum absolute atomic E-state index is 0.346. The molecule has 2 rings (SSSR count). The number of esters is 1. The Morgan fingerprint density at radius 1 is 0.969 bits per heavy atom. The fraction of sp³-hybridized carbons (Fsp3) is 0.500. The third kappa shape index (κ3) is 7.16. The molecule has 2 aromatic carbocycles. The van der Waals surface area contributed by atoms with Crippen molar-refractivity contribution in [2.24, 2.45) is 0 Å². The molecule has 0 aliphatic rings. The van der Waals surface area contributed by atoms with Crippen molar-refractivity contribution in [1.29, 1.82) is 0 Å². The molecule has 1 atom stereocenters. The molecule has 32 heavy (non-hydrogen) atoms. The summed E-state index contributed by atoms with van der Waals surface area (Å²) in [6, 6.07) is 11.7. The lowest BCUT2D eigenvalue weighted by atomic mass is 10.0. The van der Waals surface area contributed by atoms with Crippen LogP contribution in [0.15, 0.2) is 36.4 Å². The molecular weight excluding hydrogens is 406 g/mol. The summed E-state index contributed by atoms with van der Waals surface area (Å²) in [4.78, 5) is 14.8. The number of hydrogen-bond acceptors (Lipinski definition) is 6. The van der Waals surface area contributed by atoms with Crippen LogP contribution in [0.3, 0.4) is 0 Å². The molecule has 0 spiro atoms. The molecule has 0 bridgehead atoms. The molecule has 176 valence electrons. The fourth-order valence-electron chi connectivity index (χ4n) is 3.79. The Hall–Kier alpha value is -2.73. The zero-order chi connectivity index (χ0) is 23.5. The number of ether oxygens (including phenoxy) is 4. The van der Waals surface area contributed by atoms with Crippen molar-refractivity contribution in [1.82, 2.24) is 4.90 Å². The maximum Gasteiger partial charge on any atom is 0.338 e. The van der Waals surface area contributed by atoms with Gasteiger partial charge >= 0.3 is 5.97 Å².